The smallest absolute Gasteiger partial charge is 0.191 e. The molecule has 3 rings (SSSR count). The third-order valence-electron chi connectivity index (χ3n) is 4.86. The normalized spacial score (nSPS) is 16.2. The summed E-state index contributed by atoms with van der Waals surface area (Å²) in [5.74, 6) is 2.30. The van der Waals surface area contributed by atoms with Crippen LogP contribution < -0.4 is 25.0 Å². The minimum atomic E-state index is 0. The van der Waals surface area contributed by atoms with E-state index in [-0.39, 0.29) is 24.0 Å². The lowest BCUT2D eigenvalue weighted by molar-refractivity contribution is 0.354. The first-order valence-corrected chi connectivity index (χ1v) is 9.79. The average Bonchev–Trinajstić information content (AvgIpc) is 3.21. The van der Waals surface area contributed by atoms with Crippen LogP contribution in [0.5, 0.6) is 11.5 Å². The van der Waals surface area contributed by atoms with Gasteiger partial charge in [-0.15, -0.1) is 24.0 Å². The molecule has 7 heteroatoms. The fourth-order valence-corrected chi connectivity index (χ4v) is 3.41. The molecule has 1 saturated heterocycles. The first kappa shape index (κ1) is 23.1. The number of guanidine groups is 1. The van der Waals surface area contributed by atoms with Crippen LogP contribution in [0.15, 0.2) is 53.5 Å². The molecule has 2 aromatic rings. The predicted molar refractivity (Wildman–Crippen MR) is 130 cm³/mol. The van der Waals surface area contributed by atoms with Crippen molar-refractivity contribution in [2.45, 2.75) is 25.9 Å². The van der Waals surface area contributed by atoms with Gasteiger partial charge in [0.15, 0.2) is 17.5 Å². The maximum absolute atomic E-state index is 5.38. The van der Waals surface area contributed by atoms with Crippen LogP contribution in [0.4, 0.5) is 5.69 Å². The summed E-state index contributed by atoms with van der Waals surface area (Å²) in [5, 5.41) is 6.93. The quantitative estimate of drug-likeness (QED) is 0.339. The van der Waals surface area contributed by atoms with E-state index in [9.17, 15) is 0 Å². The van der Waals surface area contributed by atoms with Crippen LogP contribution in [-0.2, 0) is 6.54 Å². The Morgan fingerprint density at radius 2 is 1.86 bits per heavy atom. The molecule has 1 atom stereocenters. The van der Waals surface area contributed by atoms with E-state index >= 15 is 0 Å². The van der Waals surface area contributed by atoms with E-state index in [2.05, 4.69) is 52.8 Å². The van der Waals surface area contributed by atoms with Crippen LogP contribution >= 0.6 is 24.0 Å². The molecule has 2 aromatic carbocycles. The second kappa shape index (κ2) is 11.7. The molecule has 1 fully saturated rings. The predicted octanol–water partition coefficient (Wildman–Crippen LogP) is 3.66. The van der Waals surface area contributed by atoms with Crippen molar-refractivity contribution in [2.24, 2.45) is 4.99 Å². The lowest BCUT2D eigenvalue weighted by Gasteiger charge is -2.20. The number of nitrogens with zero attached hydrogens (tertiary/aromatic N) is 2. The van der Waals surface area contributed by atoms with E-state index in [1.165, 1.54) is 5.69 Å². The van der Waals surface area contributed by atoms with Gasteiger partial charge in [-0.05, 0) is 43.2 Å². The monoisotopic (exact) mass is 510 g/mol. The number of methoxy groups -OCH3 is 2. The van der Waals surface area contributed by atoms with Crippen LogP contribution in [0, 0.1) is 0 Å². The number of benzene rings is 2. The molecule has 1 heterocycles. The van der Waals surface area contributed by atoms with Crippen molar-refractivity contribution in [1.29, 1.82) is 0 Å². The molecule has 0 bridgehead atoms. The third kappa shape index (κ3) is 6.42. The topological polar surface area (TPSA) is 58.1 Å². The number of ether oxygens (including phenoxy) is 2. The average molecular weight is 510 g/mol. The van der Waals surface area contributed by atoms with Gasteiger partial charge in [-0.1, -0.05) is 24.3 Å². The molecule has 1 aliphatic rings. The summed E-state index contributed by atoms with van der Waals surface area (Å²) < 4.78 is 10.7. The van der Waals surface area contributed by atoms with E-state index in [0.717, 1.165) is 49.1 Å². The summed E-state index contributed by atoms with van der Waals surface area (Å²) in [7, 11) is 3.29. The Morgan fingerprint density at radius 1 is 1.10 bits per heavy atom. The van der Waals surface area contributed by atoms with Gasteiger partial charge in [0.1, 0.15) is 0 Å². The van der Waals surface area contributed by atoms with Gasteiger partial charge in [0.2, 0.25) is 0 Å². The van der Waals surface area contributed by atoms with Gasteiger partial charge >= 0.3 is 0 Å². The molecule has 0 saturated carbocycles. The fourth-order valence-electron chi connectivity index (χ4n) is 3.41. The van der Waals surface area contributed by atoms with Gasteiger partial charge in [-0.25, -0.2) is 4.99 Å². The first-order chi connectivity index (χ1) is 13.7. The summed E-state index contributed by atoms with van der Waals surface area (Å²) in [6.07, 6.45) is 1.09. The zero-order chi connectivity index (χ0) is 19.8. The fraction of sp³-hybridized carbons (Fsp3) is 0.409. The Hall–Kier alpha value is -2.16. The van der Waals surface area contributed by atoms with E-state index in [4.69, 9.17) is 14.5 Å². The molecule has 0 aromatic heterocycles. The van der Waals surface area contributed by atoms with Crippen molar-refractivity contribution in [3.05, 3.63) is 54.1 Å². The van der Waals surface area contributed by atoms with Gasteiger partial charge in [-0.2, -0.15) is 0 Å². The highest BCUT2D eigenvalue weighted by molar-refractivity contribution is 14.0. The summed E-state index contributed by atoms with van der Waals surface area (Å²) in [6, 6.07) is 16.8. The van der Waals surface area contributed by atoms with Crippen molar-refractivity contribution in [3.63, 3.8) is 0 Å². The highest BCUT2D eigenvalue weighted by atomic mass is 127. The van der Waals surface area contributed by atoms with Crippen LogP contribution in [0.1, 0.15) is 18.9 Å². The number of hydrogen-bond acceptors (Lipinski definition) is 4. The van der Waals surface area contributed by atoms with E-state index in [1.807, 2.05) is 18.2 Å². The summed E-state index contributed by atoms with van der Waals surface area (Å²) in [6.45, 7) is 5.51. The third-order valence-corrected chi connectivity index (χ3v) is 4.86. The Morgan fingerprint density at radius 3 is 2.55 bits per heavy atom. The van der Waals surface area contributed by atoms with Gasteiger partial charge < -0.3 is 25.0 Å². The van der Waals surface area contributed by atoms with Crippen molar-refractivity contribution >= 4 is 35.6 Å². The van der Waals surface area contributed by atoms with Crippen LogP contribution in [0.25, 0.3) is 0 Å². The molecule has 6 nitrogen and oxygen atoms in total. The van der Waals surface area contributed by atoms with E-state index in [1.54, 1.807) is 14.2 Å². The number of aliphatic imine (C=N–C) groups is 1. The van der Waals surface area contributed by atoms with Crippen LogP contribution in [0.3, 0.4) is 0 Å². The number of halogens is 1. The highest BCUT2D eigenvalue weighted by Crippen LogP contribution is 2.27. The van der Waals surface area contributed by atoms with Crippen LogP contribution in [0.2, 0.25) is 0 Å². The lowest BCUT2D eigenvalue weighted by atomic mass is 10.2. The Kier molecular flexibility index (Phi) is 9.37. The molecule has 2 N–H and O–H groups in total. The van der Waals surface area contributed by atoms with Crippen molar-refractivity contribution < 1.29 is 9.47 Å². The molecular weight excluding hydrogens is 479 g/mol. The zero-order valence-electron chi connectivity index (χ0n) is 17.4. The standard InChI is InChI=1S/C22H30N4O2.HI/c1-4-23-22(24-15-17-10-11-20(27-2)21(14-17)28-3)25-18-12-13-26(16-18)19-8-6-5-7-9-19;/h5-11,14,18H,4,12-13,15-16H2,1-3H3,(H2,23,24,25);1H. The number of anilines is 1. The summed E-state index contributed by atoms with van der Waals surface area (Å²) in [4.78, 5) is 7.17. The van der Waals surface area contributed by atoms with Gasteiger partial charge in [0, 0.05) is 31.4 Å². The first-order valence-electron chi connectivity index (χ1n) is 9.79. The molecule has 0 radical (unpaired) electrons. The molecule has 1 unspecified atom stereocenters. The maximum Gasteiger partial charge on any atom is 0.191 e. The van der Waals surface area contributed by atoms with Crippen molar-refractivity contribution in [1.82, 2.24) is 10.6 Å². The number of hydrogen-bond donors (Lipinski definition) is 2. The van der Waals surface area contributed by atoms with Crippen LogP contribution in [-0.4, -0.2) is 45.9 Å². The second-order valence-electron chi connectivity index (χ2n) is 6.80. The van der Waals surface area contributed by atoms with Crippen molar-refractivity contribution in [2.75, 3.05) is 38.8 Å². The Balaban J connectivity index is 0.00000300. The number of nitrogens with one attached hydrogen (secondary N) is 2. The molecule has 1 aliphatic heterocycles. The largest absolute Gasteiger partial charge is 0.493 e. The van der Waals surface area contributed by atoms with Crippen molar-refractivity contribution in [3.8, 4) is 11.5 Å². The summed E-state index contributed by atoms with van der Waals surface area (Å²) >= 11 is 0. The minimum Gasteiger partial charge on any atom is -0.493 e. The zero-order valence-corrected chi connectivity index (χ0v) is 19.7. The molecule has 158 valence electrons. The van der Waals surface area contributed by atoms with E-state index in [0.29, 0.717) is 12.6 Å². The SMILES string of the molecule is CCNC(=NCc1ccc(OC)c(OC)c1)NC1CCN(c2ccccc2)C1.I. The van der Waals surface area contributed by atoms with Gasteiger partial charge in [0.25, 0.3) is 0 Å². The molecule has 0 aliphatic carbocycles. The Labute approximate surface area is 190 Å². The maximum atomic E-state index is 5.38. The number of para-hydroxylation sites is 1. The number of rotatable bonds is 7. The lowest BCUT2D eigenvalue weighted by Crippen LogP contribution is -2.44. The highest BCUT2D eigenvalue weighted by Gasteiger charge is 2.23. The molecule has 0 spiro atoms. The molecular formula is C22H31IN4O2. The molecule has 29 heavy (non-hydrogen) atoms. The second-order valence-corrected chi connectivity index (χ2v) is 6.80. The van der Waals surface area contributed by atoms with Gasteiger partial charge in [0.05, 0.1) is 20.8 Å². The summed E-state index contributed by atoms with van der Waals surface area (Å²) in [5.41, 5.74) is 2.35. The minimum absolute atomic E-state index is 0. The molecule has 0 amide bonds. The Bertz CT molecular complexity index is 786. The van der Waals surface area contributed by atoms with Gasteiger partial charge in [-0.3, -0.25) is 0 Å². The van der Waals surface area contributed by atoms with E-state index < -0.39 is 0 Å².